The highest BCUT2D eigenvalue weighted by Crippen LogP contribution is 2.37. The van der Waals surface area contributed by atoms with Crippen LogP contribution in [0.1, 0.15) is 138 Å². The lowest BCUT2D eigenvalue weighted by molar-refractivity contribution is -0.368. The van der Waals surface area contributed by atoms with Gasteiger partial charge in [-0.2, -0.15) is 0 Å². The molecule has 6 fully saturated rings. The topological polar surface area (TPSA) is 525 Å². The Morgan fingerprint density at radius 3 is 1.20 bits per heavy atom. The molecule has 0 saturated carbocycles. The van der Waals surface area contributed by atoms with Crippen LogP contribution in [0.3, 0.4) is 0 Å². The van der Waals surface area contributed by atoms with Crippen molar-refractivity contribution in [2.24, 2.45) is 0 Å². The van der Waals surface area contributed by atoms with Gasteiger partial charge in [0.2, 0.25) is 29.5 Å². The first-order valence-corrected chi connectivity index (χ1v) is 34.9. The number of nitrogens with one attached hydrogen (secondary N) is 5. The molecule has 36 nitrogen and oxygen atoms in total. The number of methoxy groups -OCH3 is 1. The van der Waals surface area contributed by atoms with E-state index in [-0.39, 0.29) is 6.42 Å². The predicted octanol–water partition coefficient (Wildman–Crippen LogP) is -5.11. The van der Waals surface area contributed by atoms with Crippen molar-refractivity contribution in [2.75, 3.05) is 40.1 Å². The van der Waals surface area contributed by atoms with Crippen LogP contribution in [0, 0.1) is 0 Å². The first-order chi connectivity index (χ1) is 48.1. The second-order valence-corrected chi connectivity index (χ2v) is 26.5. The first-order valence-electron chi connectivity index (χ1n) is 34.9. The van der Waals surface area contributed by atoms with Crippen molar-refractivity contribution >= 4 is 35.5 Å². The van der Waals surface area contributed by atoms with Gasteiger partial charge in [0.05, 0.1) is 32.5 Å². The van der Waals surface area contributed by atoms with Crippen LogP contribution in [-0.4, -0.2) is 321 Å². The summed E-state index contributed by atoms with van der Waals surface area (Å²) in [5.41, 5.74) is 0. The van der Waals surface area contributed by atoms with E-state index in [0.29, 0.717) is 6.42 Å². The molecule has 0 aromatic heterocycles. The van der Waals surface area contributed by atoms with Crippen LogP contribution in [0.15, 0.2) is 12.2 Å². The third-order valence-corrected chi connectivity index (χ3v) is 18.5. The molecule has 17 N–H and O–H groups in total. The minimum absolute atomic E-state index is 0.00347. The summed E-state index contributed by atoms with van der Waals surface area (Å²) in [7, 11) is 1.21. The molecule has 6 heterocycles. The Morgan fingerprint density at radius 1 is 0.396 bits per heavy atom. The minimum Gasteiger partial charge on any atom is -0.463 e. The molecule has 5 amide bonds. The maximum atomic E-state index is 13.6. The maximum Gasteiger partial charge on any atom is 0.302 e. The average Bonchev–Trinajstić information content (AvgIpc) is 0.774. The number of amides is 5. The molecule has 0 radical (unpaired) electrons. The summed E-state index contributed by atoms with van der Waals surface area (Å²) in [4.78, 5) is 76.7. The van der Waals surface area contributed by atoms with Gasteiger partial charge in [0, 0.05) is 48.1 Å². The standard InChI is InChI=1S/C65H111N5O31/c1-9-10-11-12-13-14-15-16-17-18-19-20-21-22-23-24-41(79)70-43-49(82)48(81)39(28-90-35(7)78)97-61(43)98-55-36(25-71)94-62(44(51(55)84)67-32(4)75)99-56-37(26-72)95-63(45(52(56)85)68-33(5)76)100-57-38(27-73)96-64(46(53(57)86)69-34(6)77)101-58-40(93-60(88)42(50(58)83)66-31(3)74)29-91-65-59(89-8)54(87)47(80)30(2)92-65/h14-15,30,36-40,42-65,71-73,80-88H,9-13,16-29H2,1-8H3,(H,66,74)(H,67,75)(H,68,76)(H,69,77)(H,70,79)/b15-14-/t30?,36?,37?,38?,39?,40?,42?,43?,44?,45?,46?,47-,48+,49+,50+,51+,52+,53+,54+,55+,56+,57+,58+,59?,60+,61-,62-,63-,64-,65+/m0/s1. The zero-order valence-corrected chi connectivity index (χ0v) is 58.5. The predicted molar refractivity (Wildman–Crippen MR) is 344 cm³/mol. The quantitative estimate of drug-likeness (QED) is 0.0157. The number of carbonyl (C=O) groups is 6. The van der Waals surface area contributed by atoms with Crippen LogP contribution in [0.4, 0.5) is 0 Å². The highest BCUT2D eigenvalue weighted by Gasteiger charge is 2.58. The van der Waals surface area contributed by atoms with E-state index in [9.17, 15) is 90.0 Å². The maximum absolute atomic E-state index is 13.6. The zero-order chi connectivity index (χ0) is 74.4. The molecule has 6 rings (SSSR count). The molecule has 0 bridgehead atoms. The molecule has 6 saturated heterocycles. The number of aliphatic hydroxyl groups is 12. The van der Waals surface area contributed by atoms with E-state index in [4.69, 9.17) is 61.6 Å². The molecule has 0 spiro atoms. The van der Waals surface area contributed by atoms with Gasteiger partial charge in [-0.3, -0.25) is 28.8 Å². The van der Waals surface area contributed by atoms with Crippen LogP contribution in [-0.2, 0) is 90.3 Å². The number of carbonyl (C=O) groups excluding carboxylic acids is 6. The molecule has 36 heteroatoms. The monoisotopic (exact) mass is 1460 g/mol. The molecular weight excluding hydrogens is 1350 g/mol. The molecule has 101 heavy (non-hydrogen) atoms. The Hall–Kier alpha value is -4.40. The number of allylic oxidation sites excluding steroid dienone is 2. The van der Waals surface area contributed by atoms with Gasteiger partial charge in [-0.1, -0.05) is 70.4 Å². The van der Waals surface area contributed by atoms with Gasteiger partial charge in [-0.15, -0.1) is 0 Å². The van der Waals surface area contributed by atoms with Gasteiger partial charge in [-0.25, -0.2) is 0 Å². The van der Waals surface area contributed by atoms with E-state index >= 15 is 0 Å². The highest BCUT2D eigenvalue weighted by atomic mass is 16.8. The molecule has 0 aromatic rings. The summed E-state index contributed by atoms with van der Waals surface area (Å²) >= 11 is 0. The molecule has 0 aliphatic carbocycles. The van der Waals surface area contributed by atoms with E-state index in [0.717, 1.165) is 86.0 Å². The zero-order valence-electron chi connectivity index (χ0n) is 58.5. The minimum atomic E-state index is -2.06. The van der Waals surface area contributed by atoms with E-state index in [1.807, 2.05) is 0 Å². The van der Waals surface area contributed by atoms with Crippen LogP contribution in [0.25, 0.3) is 0 Å². The third kappa shape index (κ3) is 24.1. The van der Waals surface area contributed by atoms with Crippen LogP contribution in [0.5, 0.6) is 0 Å². The molecule has 6 aliphatic rings. The lowest BCUT2D eigenvalue weighted by Crippen LogP contribution is -2.72. The lowest BCUT2D eigenvalue weighted by Gasteiger charge is -2.51. The van der Waals surface area contributed by atoms with E-state index in [1.165, 1.54) is 39.7 Å². The van der Waals surface area contributed by atoms with Crippen molar-refractivity contribution < 1.29 is 152 Å². The Kier molecular flexibility index (Phi) is 35.6. The highest BCUT2D eigenvalue weighted by molar-refractivity contribution is 5.76. The summed E-state index contributed by atoms with van der Waals surface area (Å²) in [5.74, 6) is -4.53. The smallest absolute Gasteiger partial charge is 0.302 e. The third-order valence-electron chi connectivity index (χ3n) is 18.5. The second kappa shape index (κ2) is 42.1. The van der Waals surface area contributed by atoms with Crippen molar-refractivity contribution in [3.63, 3.8) is 0 Å². The van der Waals surface area contributed by atoms with Gasteiger partial charge in [-0.05, 0) is 39.0 Å². The summed E-state index contributed by atoms with van der Waals surface area (Å²) in [5, 5.41) is 149. The lowest BCUT2D eigenvalue weighted by atomic mass is 9.93. The summed E-state index contributed by atoms with van der Waals surface area (Å²) in [6.45, 7) is 4.63. The summed E-state index contributed by atoms with van der Waals surface area (Å²) < 4.78 is 77.4. The van der Waals surface area contributed by atoms with Gasteiger partial charge in [0.25, 0.3) is 0 Å². The van der Waals surface area contributed by atoms with Gasteiger partial charge >= 0.3 is 5.97 Å². The largest absolute Gasteiger partial charge is 0.463 e. The second-order valence-electron chi connectivity index (χ2n) is 26.5. The fourth-order valence-electron chi connectivity index (χ4n) is 13.2. The first kappa shape index (κ1) is 85.5. The van der Waals surface area contributed by atoms with Crippen molar-refractivity contribution in [3.05, 3.63) is 12.2 Å². The van der Waals surface area contributed by atoms with Gasteiger partial charge in [0.1, 0.15) is 147 Å². The SMILES string of the molecule is CCCCCC/C=C\CCCCCCCCCC(=O)NC1[C@H](O[C@@H]2C(CO)O[C@@H](O[C@@H]3C(CO)O[C@@H](O[C@@H]4C(CO)O[C@@H](O[C@@H]5C(CO[C@@H]6OC(C)[C@H](O)[C@@H](O)C6OC)O[C@@H](O)C(NC(C)=O)[C@H]5O)C(NC(C)=O)[C@H]4O)C(NC(C)=O)[C@H]3O)C(NC(C)=O)[C@H]2O)OC(COC(C)=O)[C@@H](O)[C@@H]1O. The van der Waals surface area contributed by atoms with Crippen LogP contribution >= 0.6 is 0 Å². The molecule has 30 atom stereocenters. The Labute approximate surface area is 586 Å². The number of ether oxygens (including phenoxy) is 13. The Morgan fingerprint density at radius 2 is 0.782 bits per heavy atom. The number of hydrogen-bond acceptors (Lipinski definition) is 31. The molecule has 582 valence electrons. The van der Waals surface area contributed by atoms with E-state index < -0.39 is 252 Å². The normalized spacial score (nSPS) is 39.0. The van der Waals surface area contributed by atoms with Gasteiger partial charge < -0.3 is 149 Å². The fraction of sp³-hybridized carbons (Fsp3) is 0.877. The van der Waals surface area contributed by atoms with Crippen molar-refractivity contribution in [1.82, 2.24) is 26.6 Å². The number of hydrogen-bond donors (Lipinski definition) is 17. The molecule has 12 unspecified atom stereocenters. The molecular formula is C65H111N5O31. The summed E-state index contributed by atoms with van der Waals surface area (Å²) in [6.07, 6.45) is -25.3. The van der Waals surface area contributed by atoms with Crippen molar-refractivity contribution in [1.29, 1.82) is 0 Å². The molecule has 0 aromatic carbocycles. The van der Waals surface area contributed by atoms with Crippen LogP contribution in [0.2, 0.25) is 0 Å². The molecule has 6 aliphatic heterocycles. The van der Waals surface area contributed by atoms with Crippen LogP contribution < -0.4 is 26.6 Å². The van der Waals surface area contributed by atoms with E-state index in [2.05, 4.69) is 45.7 Å². The van der Waals surface area contributed by atoms with E-state index in [1.54, 1.807) is 0 Å². The number of esters is 1. The van der Waals surface area contributed by atoms with Crippen molar-refractivity contribution in [2.45, 2.75) is 322 Å². The average molecular weight is 1460 g/mol. The number of aliphatic hydroxyl groups excluding tert-OH is 12. The van der Waals surface area contributed by atoms with Crippen molar-refractivity contribution in [3.8, 4) is 0 Å². The number of unbranched alkanes of at least 4 members (excludes halogenated alkanes) is 11. The fourth-order valence-corrected chi connectivity index (χ4v) is 13.2. The Balaban J connectivity index is 1.17. The van der Waals surface area contributed by atoms with Gasteiger partial charge in [0.15, 0.2) is 37.7 Å². The number of rotatable bonds is 37. The Bertz CT molecular complexity index is 2570. The summed E-state index contributed by atoms with van der Waals surface area (Å²) in [6, 6.07) is -8.44.